The number of amides is 1. The van der Waals surface area contributed by atoms with Crippen molar-refractivity contribution in [3.63, 3.8) is 0 Å². The van der Waals surface area contributed by atoms with Gasteiger partial charge in [-0.2, -0.15) is 0 Å². The lowest BCUT2D eigenvalue weighted by Gasteiger charge is -2.28. The molecule has 1 saturated heterocycles. The zero-order valence-electron chi connectivity index (χ0n) is 12.0. The maximum absolute atomic E-state index is 12.8. The molecule has 1 aromatic rings. The first-order valence-corrected chi connectivity index (χ1v) is 7.70. The van der Waals surface area contributed by atoms with Crippen molar-refractivity contribution in [3.05, 3.63) is 39.4 Å². The number of carbonyl (C=O) groups excluding carboxylic acids is 1. The lowest BCUT2D eigenvalue weighted by molar-refractivity contribution is -0.385. The highest BCUT2D eigenvalue weighted by Gasteiger charge is 2.30. The number of likely N-dealkylation sites (tertiary alicyclic amines) is 1. The molecule has 6 heteroatoms. The quantitative estimate of drug-likeness (QED) is 0.487. The largest absolute Gasteiger partial charge is 0.334 e. The van der Waals surface area contributed by atoms with E-state index in [1.165, 1.54) is 6.07 Å². The van der Waals surface area contributed by atoms with Crippen molar-refractivity contribution in [3.8, 4) is 0 Å². The second-order valence-corrected chi connectivity index (χ2v) is 5.74. The van der Waals surface area contributed by atoms with Crippen LogP contribution in [-0.2, 0) is 0 Å². The van der Waals surface area contributed by atoms with E-state index in [1.807, 2.05) is 6.92 Å². The first-order chi connectivity index (χ1) is 10.0. The number of hydrogen-bond donors (Lipinski definition) is 0. The molecule has 0 aromatic heterocycles. The smallest absolute Gasteiger partial charge is 0.282 e. The molecule has 0 saturated carbocycles. The van der Waals surface area contributed by atoms with Crippen molar-refractivity contribution in [1.29, 1.82) is 0 Å². The predicted molar refractivity (Wildman–Crippen MR) is 81.8 cm³/mol. The molecule has 0 radical (unpaired) electrons. The molecule has 21 heavy (non-hydrogen) atoms. The fourth-order valence-corrected chi connectivity index (χ4v) is 3.06. The Kier molecular flexibility index (Phi) is 5.17. The van der Waals surface area contributed by atoms with Gasteiger partial charge in [0.2, 0.25) is 0 Å². The van der Waals surface area contributed by atoms with Gasteiger partial charge in [-0.25, -0.2) is 0 Å². The van der Waals surface area contributed by atoms with E-state index in [1.54, 1.807) is 17.0 Å². The minimum atomic E-state index is -0.500. The third-order valence-corrected chi connectivity index (χ3v) is 4.25. The number of nitro benzene ring substituents is 1. The second kappa shape index (κ2) is 6.89. The maximum atomic E-state index is 12.8. The lowest BCUT2D eigenvalue weighted by Crippen LogP contribution is -2.41. The Bertz CT molecular complexity index is 548. The molecular weight excluding hydrogens is 292 g/mol. The zero-order valence-corrected chi connectivity index (χ0v) is 12.8. The van der Waals surface area contributed by atoms with Crippen LogP contribution in [0.15, 0.2) is 18.2 Å². The Morgan fingerprint density at radius 3 is 2.86 bits per heavy atom. The lowest BCUT2D eigenvalue weighted by atomic mass is 10.1. The summed E-state index contributed by atoms with van der Waals surface area (Å²) in [5.74, 6) is 0.0867. The summed E-state index contributed by atoms with van der Waals surface area (Å²) in [5, 5.41) is 11.1. The molecule has 114 valence electrons. The zero-order chi connectivity index (χ0) is 15.4. The Hall–Kier alpha value is -1.62. The molecule has 1 fully saturated rings. The van der Waals surface area contributed by atoms with Crippen LogP contribution in [0, 0.1) is 17.0 Å². The summed E-state index contributed by atoms with van der Waals surface area (Å²) in [4.78, 5) is 25.1. The molecule has 0 N–H and O–H groups in total. The summed E-state index contributed by atoms with van der Waals surface area (Å²) in [6.07, 6.45) is 3.87. The van der Waals surface area contributed by atoms with Gasteiger partial charge in [0.05, 0.1) is 4.92 Å². The third kappa shape index (κ3) is 3.53. The van der Waals surface area contributed by atoms with Crippen molar-refractivity contribution < 1.29 is 9.72 Å². The van der Waals surface area contributed by atoms with Gasteiger partial charge in [-0.1, -0.05) is 18.9 Å². The molecule has 1 heterocycles. The van der Waals surface area contributed by atoms with E-state index < -0.39 is 4.92 Å². The summed E-state index contributed by atoms with van der Waals surface area (Å²) < 4.78 is 0. The summed E-state index contributed by atoms with van der Waals surface area (Å²) in [5.41, 5.74) is 0.862. The molecule has 0 aliphatic carbocycles. The van der Waals surface area contributed by atoms with Crippen molar-refractivity contribution in [2.75, 3.05) is 12.4 Å². The molecule has 1 aliphatic heterocycles. The van der Waals surface area contributed by atoms with Gasteiger partial charge < -0.3 is 4.90 Å². The van der Waals surface area contributed by atoms with Gasteiger partial charge >= 0.3 is 0 Å². The number of halogens is 1. The number of nitrogens with zero attached hydrogens (tertiary/aromatic N) is 2. The fourth-order valence-electron chi connectivity index (χ4n) is 2.74. The second-order valence-electron chi connectivity index (χ2n) is 5.43. The van der Waals surface area contributed by atoms with Crippen LogP contribution in [0.5, 0.6) is 0 Å². The van der Waals surface area contributed by atoms with E-state index in [-0.39, 0.29) is 23.2 Å². The fraction of sp³-hybridized carbons (Fsp3) is 0.533. The minimum absolute atomic E-state index is 0.0400. The molecule has 1 unspecified atom stereocenters. The van der Waals surface area contributed by atoms with E-state index in [0.29, 0.717) is 12.4 Å². The Morgan fingerprint density at radius 2 is 2.19 bits per heavy atom. The first-order valence-electron chi connectivity index (χ1n) is 7.16. The van der Waals surface area contributed by atoms with Gasteiger partial charge in [-0.3, -0.25) is 14.9 Å². The molecule has 2 rings (SSSR count). The molecule has 1 aliphatic rings. The van der Waals surface area contributed by atoms with Crippen molar-refractivity contribution in [2.24, 2.45) is 0 Å². The van der Waals surface area contributed by atoms with Crippen LogP contribution >= 0.6 is 11.6 Å². The summed E-state index contributed by atoms with van der Waals surface area (Å²) >= 11 is 5.98. The van der Waals surface area contributed by atoms with E-state index in [2.05, 4.69) is 0 Å². The molecule has 1 aromatic carbocycles. The molecular formula is C15H19ClN2O3. The predicted octanol–water partition coefficient (Wildman–Crippen LogP) is 3.53. The van der Waals surface area contributed by atoms with Gasteiger partial charge in [-0.05, 0) is 31.4 Å². The van der Waals surface area contributed by atoms with Crippen LogP contribution in [0.2, 0.25) is 0 Å². The maximum Gasteiger partial charge on any atom is 0.282 e. The van der Waals surface area contributed by atoms with Crippen LogP contribution in [0.1, 0.15) is 41.6 Å². The summed E-state index contributed by atoms with van der Waals surface area (Å²) in [7, 11) is 0. The topological polar surface area (TPSA) is 63.5 Å². The van der Waals surface area contributed by atoms with Crippen LogP contribution < -0.4 is 0 Å². The van der Waals surface area contributed by atoms with E-state index in [9.17, 15) is 14.9 Å². The Morgan fingerprint density at radius 1 is 1.43 bits per heavy atom. The van der Waals surface area contributed by atoms with Gasteiger partial charge in [0.25, 0.3) is 11.6 Å². The Labute approximate surface area is 129 Å². The van der Waals surface area contributed by atoms with E-state index in [4.69, 9.17) is 11.6 Å². The number of nitro groups is 1. The minimum Gasteiger partial charge on any atom is -0.334 e. The number of carbonyl (C=O) groups is 1. The standard InChI is InChI=1S/C15H19ClN2O3/c1-11-6-7-14(18(20)21)13(9-11)15(19)17-8-4-2-3-5-12(17)10-16/h6-7,9,12H,2-5,8,10H2,1H3. The van der Waals surface area contributed by atoms with Crippen LogP contribution in [0.3, 0.4) is 0 Å². The Balaban J connectivity index is 2.37. The highest BCUT2D eigenvalue weighted by atomic mass is 35.5. The summed E-state index contributed by atoms with van der Waals surface area (Å²) in [6, 6.07) is 4.60. The van der Waals surface area contributed by atoms with E-state index in [0.717, 1.165) is 31.2 Å². The van der Waals surface area contributed by atoms with Crippen molar-refractivity contribution >= 4 is 23.2 Å². The first kappa shape index (κ1) is 15.8. The van der Waals surface area contributed by atoms with E-state index >= 15 is 0 Å². The number of aryl methyl sites for hydroxylation is 1. The van der Waals surface area contributed by atoms with Gasteiger partial charge in [0.1, 0.15) is 5.56 Å². The molecule has 0 spiro atoms. The van der Waals surface area contributed by atoms with Gasteiger partial charge in [0, 0.05) is 24.5 Å². The van der Waals surface area contributed by atoms with Crippen LogP contribution in [0.25, 0.3) is 0 Å². The van der Waals surface area contributed by atoms with Gasteiger partial charge in [0.15, 0.2) is 0 Å². The number of hydrogen-bond acceptors (Lipinski definition) is 3. The summed E-state index contributed by atoms with van der Waals surface area (Å²) in [6.45, 7) is 2.43. The highest BCUT2D eigenvalue weighted by molar-refractivity contribution is 6.18. The molecule has 0 bridgehead atoms. The average Bonchev–Trinajstić information content (AvgIpc) is 2.71. The average molecular weight is 311 g/mol. The molecule has 1 atom stereocenters. The van der Waals surface area contributed by atoms with Crippen molar-refractivity contribution in [1.82, 2.24) is 4.90 Å². The molecule has 1 amide bonds. The van der Waals surface area contributed by atoms with Crippen LogP contribution in [-0.4, -0.2) is 34.2 Å². The normalized spacial score (nSPS) is 19.1. The number of alkyl halides is 1. The number of rotatable bonds is 3. The SMILES string of the molecule is Cc1ccc([N+](=O)[O-])c(C(=O)N2CCCCCC2CCl)c1. The monoisotopic (exact) mass is 310 g/mol. The number of benzene rings is 1. The molecule has 5 nitrogen and oxygen atoms in total. The van der Waals surface area contributed by atoms with Crippen molar-refractivity contribution in [2.45, 2.75) is 38.6 Å². The van der Waals surface area contributed by atoms with Crippen LogP contribution in [0.4, 0.5) is 5.69 Å². The third-order valence-electron chi connectivity index (χ3n) is 3.90. The van der Waals surface area contributed by atoms with Gasteiger partial charge in [-0.15, -0.1) is 11.6 Å². The highest BCUT2D eigenvalue weighted by Crippen LogP contribution is 2.25.